The monoisotopic (exact) mass is 342 g/mol. The van der Waals surface area contributed by atoms with E-state index in [9.17, 15) is 15.3 Å². The maximum Gasteiger partial charge on any atom is 0.169 e. The van der Waals surface area contributed by atoms with Gasteiger partial charge in [-0.15, -0.1) is 0 Å². The molecule has 1 aromatic rings. The molecule has 4 heteroatoms. The maximum absolute atomic E-state index is 12.8. The summed E-state index contributed by atoms with van der Waals surface area (Å²) in [6.45, 7) is 0. The topological polar surface area (TPSA) is 64.7 Å². The normalized spacial score (nSPS) is 24.8. The third-order valence-corrected chi connectivity index (χ3v) is 5.71. The van der Waals surface area contributed by atoms with Gasteiger partial charge in [0.15, 0.2) is 11.2 Å². The van der Waals surface area contributed by atoms with E-state index < -0.39 is 16.7 Å². The second-order valence-corrected chi connectivity index (χ2v) is 6.97. The molecule has 0 amide bonds. The number of hydrogen-bond donors (Lipinski definition) is 0. The van der Waals surface area contributed by atoms with E-state index in [0.717, 1.165) is 36.6 Å². The molecular weight excluding hydrogens is 328 g/mol. The van der Waals surface area contributed by atoms with Crippen molar-refractivity contribution in [2.24, 2.45) is 16.7 Å². The van der Waals surface area contributed by atoms with Crippen molar-refractivity contribution in [3.05, 3.63) is 34.3 Å². The molecule has 1 atom stereocenters. The molecule has 3 rings (SSSR count). The number of carbonyl (C=O) groups is 1. The fraction of sp³-hybridized carbons (Fsp3) is 0.471. The first-order valence-electron chi connectivity index (χ1n) is 7.23. The summed E-state index contributed by atoms with van der Waals surface area (Å²) >= 11 is 3.35. The summed E-state index contributed by atoms with van der Waals surface area (Å²) in [5, 5.41) is 19.1. The second kappa shape index (κ2) is 4.97. The lowest BCUT2D eigenvalue weighted by atomic mass is 9.80. The number of rotatable bonds is 2. The molecule has 106 valence electrons. The van der Waals surface area contributed by atoms with Crippen LogP contribution in [0.2, 0.25) is 0 Å². The largest absolute Gasteiger partial charge is 0.294 e. The van der Waals surface area contributed by atoms with Crippen molar-refractivity contribution in [2.75, 3.05) is 0 Å². The molecule has 0 bridgehead atoms. The van der Waals surface area contributed by atoms with Gasteiger partial charge in [0.2, 0.25) is 0 Å². The minimum Gasteiger partial charge on any atom is -0.294 e. The molecule has 0 radical (unpaired) electrons. The quantitative estimate of drug-likeness (QED) is 0.754. The summed E-state index contributed by atoms with van der Waals surface area (Å²) < 4.78 is 0.911. The Labute approximate surface area is 132 Å². The van der Waals surface area contributed by atoms with Crippen LogP contribution in [0, 0.1) is 39.4 Å². The summed E-state index contributed by atoms with van der Waals surface area (Å²) in [6, 6.07) is 11.5. The number of benzene rings is 1. The lowest BCUT2D eigenvalue weighted by Gasteiger charge is -2.22. The lowest BCUT2D eigenvalue weighted by molar-refractivity contribution is 0.0937. The minimum absolute atomic E-state index is 0.0486. The van der Waals surface area contributed by atoms with Crippen molar-refractivity contribution in [1.82, 2.24) is 0 Å². The van der Waals surface area contributed by atoms with Crippen LogP contribution < -0.4 is 0 Å². The number of nitrogens with zero attached hydrogens (tertiary/aromatic N) is 2. The van der Waals surface area contributed by atoms with Crippen molar-refractivity contribution < 1.29 is 4.79 Å². The van der Waals surface area contributed by atoms with Crippen LogP contribution in [0.15, 0.2) is 28.7 Å². The molecule has 0 saturated heterocycles. The first-order valence-corrected chi connectivity index (χ1v) is 8.03. The molecular formula is C17H15BrN2O. The Morgan fingerprint density at radius 1 is 1.10 bits per heavy atom. The predicted octanol–water partition coefficient (Wildman–Crippen LogP) is 4.25. The third-order valence-electron chi connectivity index (χ3n) is 5.18. The van der Waals surface area contributed by atoms with Gasteiger partial charge in [0.05, 0.1) is 18.1 Å². The third kappa shape index (κ3) is 1.86. The molecule has 0 N–H and O–H groups in total. The first-order chi connectivity index (χ1) is 10.1. The van der Waals surface area contributed by atoms with Gasteiger partial charge >= 0.3 is 0 Å². The van der Waals surface area contributed by atoms with Gasteiger partial charge in [-0.3, -0.25) is 4.79 Å². The molecule has 1 unspecified atom stereocenters. The average Bonchev–Trinajstić information content (AvgIpc) is 3.08. The molecule has 0 aliphatic heterocycles. The SMILES string of the molecule is N#CC1(C#N)C(C(=O)c2ccc(Br)cc2)C12CCCCC2. The number of carbonyl (C=O) groups excluding carboxylic acids is 1. The van der Waals surface area contributed by atoms with Crippen molar-refractivity contribution in [3.8, 4) is 12.1 Å². The number of halogens is 1. The van der Waals surface area contributed by atoms with Gasteiger partial charge in [-0.2, -0.15) is 10.5 Å². The highest BCUT2D eigenvalue weighted by Gasteiger charge is 2.80. The fourth-order valence-electron chi connectivity index (χ4n) is 4.07. The first kappa shape index (κ1) is 14.3. The molecule has 0 heterocycles. The number of ketones is 1. The van der Waals surface area contributed by atoms with Gasteiger partial charge < -0.3 is 0 Å². The van der Waals surface area contributed by atoms with Crippen LogP contribution in [0.5, 0.6) is 0 Å². The second-order valence-electron chi connectivity index (χ2n) is 6.05. The summed E-state index contributed by atoms with van der Waals surface area (Å²) in [4.78, 5) is 12.8. The van der Waals surface area contributed by atoms with Crippen LogP contribution >= 0.6 is 15.9 Å². The fourth-order valence-corrected chi connectivity index (χ4v) is 4.33. The molecule has 1 spiro atoms. The minimum atomic E-state index is -1.11. The molecule has 2 aliphatic rings. The van der Waals surface area contributed by atoms with E-state index in [1.54, 1.807) is 12.1 Å². The smallest absolute Gasteiger partial charge is 0.169 e. The number of nitriles is 2. The van der Waals surface area contributed by atoms with Gasteiger partial charge in [0.1, 0.15) is 0 Å². The van der Waals surface area contributed by atoms with E-state index in [0.29, 0.717) is 5.56 Å². The Balaban J connectivity index is 1.97. The zero-order chi connectivity index (χ0) is 15.1. The van der Waals surface area contributed by atoms with Gasteiger partial charge in [0, 0.05) is 15.5 Å². The molecule has 2 saturated carbocycles. The van der Waals surface area contributed by atoms with Crippen molar-refractivity contribution in [2.45, 2.75) is 32.1 Å². The van der Waals surface area contributed by atoms with Crippen LogP contribution in [0.3, 0.4) is 0 Å². The van der Waals surface area contributed by atoms with Crippen molar-refractivity contribution >= 4 is 21.7 Å². The summed E-state index contributed by atoms with van der Waals surface area (Å²) in [7, 11) is 0. The van der Waals surface area contributed by atoms with Crippen LogP contribution in [0.4, 0.5) is 0 Å². The molecule has 2 aliphatic carbocycles. The molecule has 1 aromatic carbocycles. The van der Waals surface area contributed by atoms with Crippen LogP contribution in [0.25, 0.3) is 0 Å². The van der Waals surface area contributed by atoms with Gasteiger partial charge in [-0.25, -0.2) is 0 Å². The number of Topliss-reactive ketones (excluding diaryl/α,β-unsaturated/α-hetero) is 1. The van der Waals surface area contributed by atoms with E-state index in [4.69, 9.17) is 0 Å². The Kier molecular flexibility index (Phi) is 3.38. The van der Waals surface area contributed by atoms with Crippen LogP contribution in [-0.4, -0.2) is 5.78 Å². The predicted molar refractivity (Wildman–Crippen MR) is 81.1 cm³/mol. The Morgan fingerprint density at radius 2 is 1.67 bits per heavy atom. The Bertz CT molecular complexity index is 646. The lowest BCUT2D eigenvalue weighted by Crippen LogP contribution is -2.16. The molecule has 3 nitrogen and oxygen atoms in total. The van der Waals surface area contributed by atoms with E-state index >= 15 is 0 Å². The maximum atomic E-state index is 12.8. The van der Waals surface area contributed by atoms with Crippen LogP contribution in [0.1, 0.15) is 42.5 Å². The zero-order valence-electron chi connectivity index (χ0n) is 11.6. The van der Waals surface area contributed by atoms with E-state index in [1.807, 2.05) is 12.1 Å². The van der Waals surface area contributed by atoms with Gasteiger partial charge in [-0.05, 0) is 25.0 Å². The standard InChI is InChI=1S/C17H15BrN2O/c18-13-6-4-12(5-7-13)14(21)15-16(8-2-1-3-9-16)17(15,10-19)11-20/h4-7,15H,1-3,8-9H2. The van der Waals surface area contributed by atoms with Crippen molar-refractivity contribution in [3.63, 3.8) is 0 Å². The highest BCUT2D eigenvalue weighted by atomic mass is 79.9. The van der Waals surface area contributed by atoms with Gasteiger partial charge in [-0.1, -0.05) is 47.3 Å². The molecule has 0 aromatic heterocycles. The van der Waals surface area contributed by atoms with E-state index in [1.165, 1.54) is 0 Å². The zero-order valence-corrected chi connectivity index (χ0v) is 13.2. The van der Waals surface area contributed by atoms with Crippen molar-refractivity contribution in [1.29, 1.82) is 10.5 Å². The Morgan fingerprint density at radius 3 is 2.19 bits per heavy atom. The highest BCUT2D eigenvalue weighted by molar-refractivity contribution is 9.10. The average molecular weight is 343 g/mol. The van der Waals surface area contributed by atoms with Crippen LogP contribution in [-0.2, 0) is 0 Å². The summed E-state index contributed by atoms with van der Waals surface area (Å²) in [6.07, 6.45) is 4.79. The summed E-state index contributed by atoms with van der Waals surface area (Å²) in [5.41, 5.74) is -0.920. The van der Waals surface area contributed by atoms with E-state index in [2.05, 4.69) is 28.1 Å². The highest BCUT2D eigenvalue weighted by Crippen LogP contribution is 2.75. The summed E-state index contributed by atoms with van der Waals surface area (Å²) in [5.74, 6) is -0.506. The van der Waals surface area contributed by atoms with E-state index in [-0.39, 0.29) is 5.78 Å². The molecule has 2 fully saturated rings. The Hall–Kier alpha value is -1.65. The van der Waals surface area contributed by atoms with Gasteiger partial charge in [0.25, 0.3) is 0 Å². The number of hydrogen-bond acceptors (Lipinski definition) is 3. The molecule has 21 heavy (non-hydrogen) atoms.